The van der Waals surface area contributed by atoms with E-state index in [2.05, 4.69) is 0 Å². The molecular formula is C12H9ClN3NaO4. The van der Waals surface area contributed by atoms with Crippen molar-refractivity contribution in [3.63, 3.8) is 0 Å². The number of nitro groups is 1. The zero-order valence-electron chi connectivity index (χ0n) is 11.6. The molecule has 1 amide bonds. The third-order valence-corrected chi connectivity index (χ3v) is 2.60. The van der Waals surface area contributed by atoms with Crippen molar-refractivity contribution in [3.8, 4) is 6.07 Å². The van der Waals surface area contributed by atoms with Crippen LogP contribution in [0.1, 0.15) is 5.56 Å². The molecular weight excluding hydrogens is 309 g/mol. The quantitative estimate of drug-likeness (QED) is 0.159. The first kappa shape index (κ1) is 19.4. The van der Waals surface area contributed by atoms with E-state index in [1.54, 1.807) is 0 Å². The maximum absolute atomic E-state index is 12.1. The Morgan fingerprint density at radius 2 is 2.00 bits per heavy atom. The molecule has 1 rings (SSSR count). The number of nitro benzene ring substituents is 1. The Morgan fingerprint density at radius 3 is 2.43 bits per heavy atom. The average molecular weight is 318 g/mol. The van der Waals surface area contributed by atoms with Crippen LogP contribution in [0.25, 0.3) is 5.76 Å². The van der Waals surface area contributed by atoms with Crippen molar-refractivity contribution in [2.45, 2.75) is 0 Å². The van der Waals surface area contributed by atoms with E-state index in [-0.39, 0.29) is 40.1 Å². The molecule has 7 nitrogen and oxygen atoms in total. The first-order valence-electron chi connectivity index (χ1n) is 5.27. The number of hydrogen-bond acceptors (Lipinski definition) is 5. The number of likely N-dealkylation sites (N-methyl/N-ethyl adjacent to an activating group) is 1. The topological polar surface area (TPSA) is 110 Å². The van der Waals surface area contributed by atoms with Gasteiger partial charge in [-0.2, -0.15) is 5.26 Å². The van der Waals surface area contributed by atoms with E-state index in [0.29, 0.717) is 0 Å². The number of hydrogen-bond donors (Lipinski definition) is 0. The van der Waals surface area contributed by atoms with Gasteiger partial charge < -0.3 is 10.0 Å². The number of carbonyl (C=O) groups excluding carboxylic acids is 1. The van der Waals surface area contributed by atoms with E-state index >= 15 is 0 Å². The molecule has 21 heavy (non-hydrogen) atoms. The summed E-state index contributed by atoms with van der Waals surface area (Å²) in [5, 5.41) is 32.0. The zero-order valence-corrected chi connectivity index (χ0v) is 14.3. The van der Waals surface area contributed by atoms with Crippen LogP contribution in [0.3, 0.4) is 0 Å². The van der Waals surface area contributed by atoms with Gasteiger partial charge in [0.25, 0.3) is 11.6 Å². The molecule has 0 aliphatic rings. The van der Waals surface area contributed by atoms with Gasteiger partial charge in [-0.25, -0.2) is 0 Å². The number of benzene rings is 1. The van der Waals surface area contributed by atoms with E-state index < -0.39 is 27.9 Å². The number of halogens is 1. The molecule has 104 valence electrons. The summed E-state index contributed by atoms with van der Waals surface area (Å²) in [6.07, 6.45) is 0. The van der Waals surface area contributed by atoms with Gasteiger partial charge in [-0.05, 0) is 12.1 Å². The minimum absolute atomic E-state index is 0. The van der Waals surface area contributed by atoms with E-state index in [1.807, 2.05) is 0 Å². The van der Waals surface area contributed by atoms with Crippen molar-refractivity contribution < 1.29 is 44.4 Å². The molecule has 1 aromatic carbocycles. The van der Waals surface area contributed by atoms with Crippen LogP contribution in [-0.2, 0) is 4.79 Å². The van der Waals surface area contributed by atoms with Gasteiger partial charge in [-0.15, -0.1) is 0 Å². The Balaban J connectivity index is 0.00000400. The third kappa shape index (κ3) is 4.44. The monoisotopic (exact) mass is 317 g/mol. The predicted molar refractivity (Wildman–Crippen MR) is 69.3 cm³/mol. The second-order valence-electron chi connectivity index (χ2n) is 3.93. The minimum atomic E-state index is -1.01. The van der Waals surface area contributed by atoms with Gasteiger partial charge in [0.1, 0.15) is 11.6 Å². The molecule has 0 heterocycles. The molecule has 0 atom stereocenters. The van der Waals surface area contributed by atoms with Crippen LogP contribution in [0, 0.1) is 21.4 Å². The fraction of sp³-hybridized carbons (Fsp3) is 0.167. The summed E-state index contributed by atoms with van der Waals surface area (Å²) >= 11 is 5.63. The maximum Gasteiger partial charge on any atom is 1.00 e. The van der Waals surface area contributed by atoms with Crippen molar-refractivity contribution in [2.24, 2.45) is 0 Å². The zero-order chi connectivity index (χ0) is 15.4. The number of amides is 1. The molecule has 0 saturated carbocycles. The molecule has 0 aliphatic carbocycles. The summed E-state index contributed by atoms with van der Waals surface area (Å²) in [6, 6.07) is 4.86. The number of carbonyl (C=O) groups is 1. The van der Waals surface area contributed by atoms with Crippen LogP contribution in [0.15, 0.2) is 23.8 Å². The average Bonchev–Trinajstić information content (AvgIpc) is 2.38. The van der Waals surface area contributed by atoms with Crippen LogP contribution in [0.2, 0.25) is 5.02 Å². The fourth-order valence-electron chi connectivity index (χ4n) is 1.40. The first-order valence-corrected chi connectivity index (χ1v) is 5.64. The maximum atomic E-state index is 12.1. The summed E-state index contributed by atoms with van der Waals surface area (Å²) in [5.74, 6) is -1.82. The van der Waals surface area contributed by atoms with E-state index in [1.165, 1.54) is 26.2 Å². The molecule has 0 aromatic heterocycles. The summed E-state index contributed by atoms with van der Waals surface area (Å²) in [5.41, 5.74) is -1.60. The standard InChI is InChI=1S/C12H10ClN3O4.Na/c1-15(2)12(18)9(6-14)11(17)8-4-3-7(13)5-10(8)16(19)20;/h3-5,17H,1-2H3;/q;+1/p-1/b11-9-;. The molecule has 0 unspecified atom stereocenters. The van der Waals surface area contributed by atoms with E-state index in [9.17, 15) is 20.0 Å². The molecule has 0 N–H and O–H groups in total. The van der Waals surface area contributed by atoms with Crippen molar-refractivity contribution in [2.75, 3.05) is 14.1 Å². The van der Waals surface area contributed by atoms with E-state index in [0.717, 1.165) is 17.0 Å². The smallest absolute Gasteiger partial charge is 0.871 e. The Bertz CT molecular complexity index is 652. The molecule has 0 spiro atoms. The number of rotatable bonds is 3. The van der Waals surface area contributed by atoms with Gasteiger partial charge in [-0.3, -0.25) is 14.9 Å². The number of nitriles is 1. The van der Waals surface area contributed by atoms with Gasteiger partial charge in [0.05, 0.1) is 4.92 Å². The summed E-state index contributed by atoms with van der Waals surface area (Å²) in [6.45, 7) is 0. The third-order valence-electron chi connectivity index (χ3n) is 2.36. The van der Waals surface area contributed by atoms with Crippen molar-refractivity contribution >= 4 is 29.0 Å². The Hall–Kier alpha value is -1.59. The Morgan fingerprint density at radius 1 is 1.43 bits per heavy atom. The summed E-state index contributed by atoms with van der Waals surface area (Å²) < 4.78 is 0. The fourth-order valence-corrected chi connectivity index (χ4v) is 1.57. The molecule has 0 bridgehead atoms. The van der Waals surface area contributed by atoms with Crippen LogP contribution in [0.5, 0.6) is 0 Å². The van der Waals surface area contributed by atoms with Crippen molar-refractivity contribution in [3.05, 3.63) is 44.5 Å². The molecule has 0 aliphatic heterocycles. The van der Waals surface area contributed by atoms with Crippen molar-refractivity contribution in [1.29, 1.82) is 5.26 Å². The summed E-state index contributed by atoms with van der Waals surface area (Å²) in [7, 11) is 2.73. The van der Waals surface area contributed by atoms with Gasteiger partial charge in [0.2, 0.25) is 0 Å². The second-order valence-corrected chi connectivity index (χ2v) is 4.37. The Labute approximate surface area is 147 Å². The molecule has 9 heteroatoms. The molecule has 0 radical (unpaired) electrons. The first-order chi connectivity index (χ1) is 9.29. The second kappa shape index (κ2) is 8.00. The van der Waals surface area contributed by atoms with Crippen LogP contribution < -0.4 is 34.7 Å². The van der Waals surface area contributed by atoms with Gasteiger partial charge >= 0.3 is 29.6 Å². The Kier molecular flexibility index (Phi) is 7.39. The van der Waals surface area contributed by atoms with Crippen LogP contribution in [0.4, 0.5) is 5.69 Å². The minimum Gasteiger partial charge on any atom is -0.871 e. The van der Waals surface area contributed by atoms with Crippen molar-refractivity contribution in [1.82, 2.24) is 4.90 Å². The largest absolute Gasteiger partial charge is 1.00 e. The summed E-state index contributed by atoms with van der Waals surface area (Å²) in [4.78, 5) is 22.8. The van der Waals surface area contributed by atoms with Gasteiger partial charge in [0, 0.05) is 30.7 Å². The van der Waals surface area contributed by atoms with Crippen LogP contribution >= 0.6 is 11.6 Å². The molecule has 0 fully saturated rings. The van der Waals surface area contributed by atoms with Gasteiger partial charge in [-0.1, -0.05) is 17.4 Å². The molecule has 0 saturated heterocycles. The van der Waals surface area contributed by atoms with Crippen LogP contribution in [-0.4, -0.2) is 29.8 Å². The number of nitrogens with zero attached hydrogens (tertiary/aromatic N) is 3. The molecule has 1 aromatic rings. The SMILES string of the molecule is CN(C)C(=O)/C(C#N)=C(\[O-])c1ccc(Cl)cc1[N+](=O)[O-].[Na+]. The predicted octanol–water partition coefficient (Wildman–Crippen LogP) is -2.06. The van der Waals surface area contributed by atoms with E-state index in [4.69, 9.17) is 16.9 Å². The normalized spacial score (nSPS) is 10.8. The van der Waals surface area contributed by atoms with Gasteiger partial charge in [0.15, 0.2) is 0 Å².